The Morgan fingerprint density at radius 2 is 2.05 bits per heavy atom. The Hall–Kier alpha value is -1.15. The van der Waals surface area contributed by atoms with Crippen molar-refractivity contribution in [3.05, 3.63) is 0 Å². The summed E-state index contributed by atoms with van der Waals surface area (Å²) in [5, 5.41) is 11.8. The molecule has 0 bridgehead atoms. The molecule has 7 nitrogen and oxygen atoms in total. The first kappa shape index (κ1) is 15.2. The van der Waals surface area contributed by atoms with Gasteiger partial charge in [-0.15, -0.1) is 0 Å². The predicted octanol–water partition coefficient (Wildman–Crippen LogP) is -0.773. The Morgan fingerprint density at radius 1 is 1.40 bits per heavy atom. The molecule has 2 rings (SSSR count). The smallest absolute Gasteiger partial charge is 0.304 e. The van der Waals surface area contributed by atoms with Gasteiger partial charge in [-0.3, -0.25) is 14.5 Å². The highest BCUT2D eigenvalue weighted by atomic mass is 32.2. The summed E-state index contributed by atoms with van der Waals surface area (Å²) in [5.74, 6) is -1.42. The molecule has 1 saturated heterocycles. The Labute approximate surface area is 118 Å². The number of nitrogens with one attached hydrogen (secondary N) is 1. The number of amides is 1. The van der Waals surface area contributed by atoms with Gasteiger partial charge in [-0.05, 0) is 19.8 Å². The van der Waals surface area contributed by atoms with Gasteiger partial charge < -0.3 is 10.4 Å². The molecule has 0 radical (unpaired) electrons. The maximum Gasteiger partial charge on any atom is 0.304 e. The fraction of sp³-hybridized carbons (Fsp3) is 0.833. The van der Waals surface area contributed by atoms with Gasteiger partial charge >= 0.3 is 5.97 Å². The van der Waals surface area contributed by atoms with Crippen LogP contribution in [-0.4, -0.2) is 66.5 Å². The molecule has 1 heterocycles. The summed E-state index contributed by atoms with van der Waals surface area (Å²) in [7, 11) is -3.22. The fourth-order valence-electron chi connectivity index (χ4n) is 2.49. The fourth-order valence-corrected chi connectivity index (χ4v) is 4.04. The normalized spacial score (nSPS) is 27.8. The second kappa shape index (κ2) is 5.69. The maximum absolute atomic E-state index is 12.0. The molecular formula is C12H20N2O5S. The molecule has 2 aliphatic rings. The van der Waals surface area contributed by atoms with Crippen LogP contribution in [0.5, 0.6) is 0 Å². The average Bonchev–Trinajstić information content (AvgIpc) is 3.10. The summed E-state index contributed by atoms with van der Waals surface area (Å²) in [6.07, 6.45) is 1.69. The minimum atomic E-state index is -3.22. The molecule has 1 aliphatic heterocycles. The second-order valence-corrected chi connectivity index (χ2v) is 7.79. The van der Waals surface area contributed by atoms with Crippen LogP contribution in [-0.2, 0) is 19.4 Å². The zero-order valence-corrected chi connectivity index (χ0v) is 12.2. The van der Waals surface area contributed by atoms with Gasteiger partial charge in [0.25, 0.3) is 0 Å². The van der Waals surface area contributed by atoms with E-state index in [2.05, 4.69) is 5.32 Å². The van der Waals surface area contributed by atoms with Crippen molar-refractivity contribution in [3.8, 4) is 0 Å². The van der Waals surface area contributed by atoms with Gasteiger partial charge in [-0.1, -0.05) is 0 Å². The third kappa shape index (κ3) is 3.92. The van der Waals surface area contributed by atoms with E-state index >= 15 is 0 Å². The third-order valence-electron chi connectivity index (χ3n) is 3.79. The molecule has 2 fully saturated rings. The zero-order chi connectivity index (χ0) is 14.9. The molecule has 20 heavy (non-hydrogen) atoms. The third-order valence-corrected chi connectivity index (χ3v) is 5.48. The van der Waals surface area contributed by atoms with Crippen LogP contribution in [0, 0.1) is 0 Å². The molecule has 1 saturated carbocycles. The van der Waals surface area contributed by atoms with Crippen molar-refractivity contribution in [3.63, 3.8) is 0 Å². The van der Waals surface area contributed by atoms with Crippen LogP contribution in [0.15, 0.2) is 0 Å². The van der Waals surface area contributed by atoms with Crippen molar-refractivity contribution in [1.29, 1.82) is 0 Å². The zero-order valence-electron chi connectivity index (χ0n) is 11.4. The van der Waals surface area contributed by atoms with E-state index in [-0.39, 0.29) is 36.4 Å². The summed E-state index contributed by atoms with van der Waals surface area (Å²) >= 11 is 0. The average molecular weight is 304 g/mol. The first-order chi connectivity index (χ1) is 9.28. The summed E-state index contributed by atoms with van der Waals surface area (Å²) in [6, 6.07) is -0.905. The van der Waals surface area contributed by atoms with E-state index in [1.807, 2.05) is 0 Å². The van der Waals surface area contributed by atoms with Crippen molar-refractivity contribution in [2.45, 2.75) is 44.3 Å². The molecule has 2 atom stereocenters. The minimum absolute atomic E-state index is 0.0236. The highest BCUT2D eigenvalue weighted by Gasteiger charge is 2.38. The number of hydrogen-bond acceptors (Lipinski definition) is 5. The van der Waals surface area contributed by atoms with E-state index in [1.165, 1.54) is 0 Å². The number of nitrogens with zero attached hydrogens (tertiary/aromatic N) is 1. The monoisotopic (exact) mass is 304 g/mol. The van der Waals surface area contributed by atoms with Crippen LogP contribution in [0.25, 0.3) is 0 Å². The van der Waals surface area contributed by atoms with E-state index in [4.69, 9.17) is 5.11 Å². The molecule has 0 aromatic heterocycles. The van der Waals surface area contributed by atoms with Crippen LogP contribution < -0.4 is 5.32 Å². The minimum Gasteiger partial charge on any atom is -0.481 e. The maximum atomic E-state index is 12.0. The van der Waals surface area contributed by atoms with Gasteiger partial charge in [0.15, 0.2) is 9.84 Å². The van der Waals surface area contributed by atoms with Crippen molar-refractivity contribution in [2.75, 3.05) is 18.1 Å². The Balaban J connectivity index is 2.05. The molecular weight excluding hydrogens is 284 g/mol. The molecule has 0 spiro atoms. The Kier molecular flexibility index (Phi) is 4.33. The second-order valence-electron chi connectivity index (χ2n) is 5.56. The molecule has 8 heteroatoms. The van der Waals surface area contributed by atoms with Crippen LogP contribution in [0.4, 0.5) is 0 Å². The molecule has 1 aliphatic carbocycles. The highest BCUT2D eigenvalue weighted by Crippen LogP contribution is 2.21. The number of carbonyl (C=O) groups excluding carboxylic acids is 1. The SMILES string of the molecule is CC(C(=O)NC1CC1)N1CCS(=O)(=O)CC1CC(=O)O. The predicted molar refractivity (Wildman–Crippen MR) is 72.0 cm³/mol. The van der Waals surface area contributed by atoms with E-state index in [0.29, 0.717) is 0 Å². The molecule has 0 aromatic rings. The van der Waals surface area contributed by atoms with E-state index in [9.17, 15) is 18.0 Å². The summed E-state index contributed by atoms with van der Waals surface area (Å²) < 4.78 is 23.3. The van der Waals surface area contributed by atoms with Crippen LogP contribution in [0.1, 0.15) is 26.2 Å². The topological polar surface area (TPSA) is 104 Å². The number of sulfone groups is 1. The summed E-state index contributed by atoms with van der Waals surface area (Å²) in [5.41, 5.74) is 0. The first-order valence-corrected chi connectivity index (χ1v) is 8.59. The van der Waals surface area contributed by atoms with Crippen molar-refractivity contribution >= 4 is 21.7 Å². The van der Waals surface area contributed by atoms with Crippen molar-refractivity contribution in [2.24, 2.45) is 0 Å². The number of hydrogen-bond donors (Lipinski definition) is 2. The standard InChI is InChI=1S/C12H20N2O5S/c1-8(12(17)13-9-2-3-9)14-4-5-20(18,19)7-10(14)6-11(15)16/h8-10H,2-7H2,1H3,(H,13,17)(H,15,16). The van der Waals surface area contributed by atoms with Crippen LogP contribution in [0.3, 0.4) is 0 Å². The van der Waals surface area contributed by atoms with Gasteiger partial charge in [0.2, 0.25) is 5.91 Å². The van der Waals surface area contributed by atoms with Gasteiger partial charge in [0.1, 0.15) is 0 Å². The lowest BCUT2D eigenvalue weighted by Gasteiger charge is -2.38. The number of rotatable bonds is 5. The molecule has 1 amide bonds. The highest BCUT2D eigenvalue weighted by molar-refractivity contribution is 7.91. The van der Waals surface area contributed by atoms with Gasteiger partial charge in [0.05, 0.1) is 24.0 Å². The number of carboxylic acids is 1. The molecule has 2 N–H and O–H groups in total. The van der Waals surface area contributed by atoms with Gasteiger partial charge in [0, 0.05) is 18.6 Å². The molecule has 0 aromatic carbocycles. The van der Waals surface area contributed by atoms with Gasteiger partial charge in [-0.2, -0.15) is 0 Å². The quantitative estimate of drug-likeness (QED) is 0.691. The first-order valence-electron chi connectivity index (χ1n) is 6.77. The van der Waals surface area contributed by atoms with E-state index in [0.717, 1.165) is 12.8 Å². The largest absolute Gasteiger partial charge is 0.481 e. The number of carboxylic acid groups (broad SMARTS) is 1. The summed E-state index contributed by atoms with van der Waals surface area (Å²) in [6.45, 7) is 1.91. The lowest BCUT2D eigenvalue weighted by molar-refractivity contribution is -0.139. The summed E-state index contributed by atoms with van der Waals surface area (Å²) in [4.78, 5) is 24.6. The number of carbonyl (C=O) groups is 2. The van der Waals surface area contributed by atoms with Gasteiger partial charge in [-0.25, -0.2) is 8.42 Å². The van der Waals surface area contributed by atoms with Crippen molar-refractivity contribution < 1.29 is 23.1 Å². The Morgan fingerprint density at radius 3 is 2.60 bits per heavy atom. The van der Waals surface area contributed by atoms with Crippen LogP contribution in [0.2, 0.25) is 0 Å². The van der Waals surface area contributed by atoms with Crippen LogP contribution >= 0.6 is 0 Å². The lowest BCUT2D eigenvalue weighted by Crippen LogP contribution is -2.57. The lowest BCUT2D eigenvalue weighted by atomic mass is 10.1. The molecule has 114 valence electrons. The molecule has 2 unspecified atom stereocenters. The van der Waals surface area contributed by atoms with E-state index in [1.54, 1.807) is 11.8 Å². The van der Waals surface area contributed by atoms with E-state index < -0.39 is 27.9 Å². The Bertz CT molecular complexity index is 500. The number of aliphatic carboxylic acids is 1. The van der Waals surface area contributed by atoms with Crippen molar-refractivity contribution in [1.82, 2.24) is 10.2 Å².